The lowest BCUT2D eigenvalue weighted by Gasteiger charge is -2.25. The SMILES string of the molecule is O=C(C[C@@H]1OCCc2ccccc21)Nc1cc([N+](=O)[O-])ccc1O. The summed E-state index contributed by atoms with van der Waals surface area (Å²) >= 11 is 0. The summed E-state index contributed by atoms with van der Waals surface area (Å²) in [5, 5.41) is 23.1. The van der Waals surface area contributed by atoms with Gasteiger partial charge in [-0.25, -0.2) is 0 Å². The maximum atomic E-state index is 12.3. The monoisotopic (exact) mass is 328 g/mol. The van der Waals surface area contributed by atoms with Crippen LogP contribution in [0.4, 0.5) is 11.4 Å². The number of phenolic OH excluding ortho intramolecular Hbond substituents is 1. The number of phenols is 1. The number of aromatic hydroxyl groups is 1. The van der Waals surface area contributed by atoms with Crippen molar-refractivity contribution in [2.75, 3.05) is 11.9 Å². The summed E-state index contributed by atoms with van der Waals surface area (Å²) in [4.78, 5) is 22.5. The number of benzene rings is 2. The van der Waals surface area contributed by atoms with E-state index < -0.39 is 4.92 Å². The van der Waals surface area contributed by atoms with Crippen LogP contribution in [0.1, 0.15) is 23.7 Å². The summed E-state index contributed by atoms with van der Waals surface area (Å²) in [7, 11) is 0. The maximum Gasteiger partial charge on any atom is 0.271 e. The number of rotatable bonds is 4. The predicted octanol–water partition coefficient (Wildman–Crippen LogP) is 2.94. The number of amides is 1. The minimum absolute atomic E-state index is 0.0123. The van der Waals surface area contributed by atoms with Crippen LogP contribution in [-0.4, -0.2) is 22.5 Å². The lowest BCUT2D eigenvalue weighted by molar-refractivity contribution is -0.384. The number of nitrogens with one attached hydrogen (secondary N) is 1. The first-order valence-electron chi connectivity index (χ1n) is 7.51. The van der Waals surface area contributed by atoms with Crippen molar-refractivity contribution < 1.29 is 19.6 Å². The van der Waals surface area contributed by atoms with Crippen LogP contribution in [0.15, 0.2) is 42.5 Å². The molecule has 0 bridgehead atoms. The molecule has 2 aromatic rings. The molecule has 0 aromatic heterocycles. The van der Waals surface area contributed by atoms with E-state index in [-0.39, 0.29) is 35.6 Å². The van der Waals surface area contributed by atoms with E-state index in [1.54, 1.807) is 0 Å². The van der Waals surface area contributed by atoms with Gasteiger partial charge < -0.3 is 15.2 Å². The number of ether oxygens (including phenoxy) is 1. The normalized spacial score (nSPS) is 16.2. The predicted molar refractivity (Wildman–Crippen MR) is 86.8 cm³/mol. The largest absolute Gasteiger partial charge is 0.506 e. The highest BCUT2D eigenvalue weighted by Crippen LogP contribution is 2.31. The van der Waals surface area contributed by atoms with Crippen LogP contribution in [0, 0.1) is 10.1 Å². The van der Waals surface area contributed by atoms with Gasteiger partial charge in [0.1, 0.15) is 5.75 Å². The topological polar surface area (TPSA) is 102 Å². The van der Waals surface area contributed by atoms with Gasteiger partial charge >= 0.3 is 0 Å². The molecule has 1 heterocycles. The van der Waals surface area contributed by atoms with Crippen LogP contribution in [0.2, 0.25) is 0 Å². The molecule has 1 aliphatic rings. The summed E-state index contributed by atoms with van der Waals surface area (Å²) in [6, 6.07) is 11.3. The van der Waals surface area contributed by atoms with E-state index >= 15 is 0 Å². The van der Waals surface area contributed by atoms with E-state index in [1.807, 2.05) is 24.3 Å². The Kier molecular flexibility index (Phi) is 4.43. The fourth-order valence-corrected chi connectivity index (χ4v) is 2.75. The van der Waals surface area contributed by atoms with Gasteiger partial charge in [-0.1, -0.05) is 24.3 Å². The number of hydrogen-bond donors (Lipinski definition) is 2. The Morgan fingerprint density at radius 2 is 2.12 bits per heavy atom. The molecular formula is C17H16N2O5. The van der Waals surface area contributed by atoms with Gasteiger partial charge in [-0.3, -0.25) is 14.9 Å². The van der Waals surface area contributed by atoms with Crippen LogP contribution in [-0.2, 0) is 16.0 Å². The van der Waals surface area contributed by atoms with E-state index in [0.29, 0.717) is 6.61 Å². The quantitative estimate of drug-likeness (QED) is 0.510. The number of anilines is 1. The number of hydrogen-bond acceptors (Lipinski definition) is 5. The third-order valence-electron chi connectivity index (χ3n) is 3.93. The summed E-state index contributed by atoms with van der Waals surface area (Å²) < 4.78 is 5.67. The smallest absolute Gasteiger partial charge is 0.271 e. The average Bonchev–Trinajstić information content (AvgIpc) is 2.57. The molecular weight excluding hydrogens is 312 g/mol. The molecule has 0 saturated carbocycles. The Hall–Kier alpha value is -2.93. The average molecular weight is 328 g/mol. The third kappa shape index (κ3) is 3.36. The van der Waals surface area contributed by atoms with Gasteiger partial charge in [-0.05, 0) is 23.6 Å². The molecule has 0 fully saturated rings. The molecule has 0 radical (unpaired) electrons. The van der Waals surface area contributed by atoms with Gasteiger partial charge in [0.2, 0.25) is 5.91 Å². The highest BCUT2D eigenvalue weighted by molar-refractivity contribution is 5.93. The zero-order valence-electron chi connectivity index (χ0n) is 12.8. The van der Waals surface area contributed by atoms with Gasteiger partial charge in [0.15, 0.2) is 0 Å². The summed E-state index contributed by atoms with van der Waals surface area (Å²) in [6.45, 7) is 0.539. The van der Waals surface area contributed by atoms with Gasteiger partial charge in [-0.15, -0.1) is 0 Å². The molecule has 3 rings (SSSR count). The lowest BCUT2D eigenvalue weighted by Crippen LogP contribution is -2.22. The number of nitro groups is 1. The van der Waals surface area contributed by atoms with Crippen molar-refractivity contribution in [1.82, 2.24) is 0 Å². The van der Waals surface area contributed by atoms with E-state index in [1.165, 1.54) is 12.1 Å². The minimum atomic E-state index is -0.588. The first-order chi connectivity index (χ1) is 11.5. The molecule has 1 aliphatic heterocycles. The Balaban J connectivity index is 1.73. The number of nitro benzene ring substituents is 1. The standard InChI is InChI=1S/C17H16N2O5/c20-15-6-5-12(19(22)23)9-14(15)18-17(21)10-16-13-4-2-1-3-11(13)7-8-24-16/h1-6,9,16,20H,7-8,10H2,(H,18,21)/t16-/m0/s1. The molecule has 2 N–H and O–H groups in total. The molecule has 1 amide bonds. The van der Waals surface area contributed by atoms with Gasteiger partial charge in [0.25, 0.3) is 5.69 Å². The van der Waals surface area contributed by atoms with E-state index in [4.69, 9.17) is 4.74 Å². The van der Waals surface area contributed by atoms with Crippen LogP contribution in [0.3, 0.4) is 0 Å². The number of nitrogens with zero attached hydrogens (tertiary/aromatic N) is 1. The van der Waals surface area contributed by atoms with Gasteiger partial charge in [0.05, 0.1) is 29.7 Å². The van der Waals surface area contributed by atoms with Crippen molar-refractivity contribution in [2.24, 2.45) is 0 Å². The molecule has 0 spiro atoms. The third-order valence-corrected chi connectivity index (χ3v) is 3.93. The van der Waals surface area contributed by atoms with Crippen molar-refractivity contribution in [1.29, 1.82) is 0 Å². The van der Waals surface area contributed by atoms with Crippen LogP contribution in [0.5, 0.6) is 5.75 Å². The zero-order valence-corrected chi connectivity index (χ0v) is 12.8. The fourth-order valence-electron chi connectivity index (χ4n) is 2.75. The molecule has 0 unspecified atom stereocenters. The van der Waals surface area contributed by atoms with Crippen LogP contribution < -0.4 is 5.32 Å². The van der Waals surface area contributed by atoms with Crippen molar-refractivity contribution in [3.05, 3.63) is 63.7 Å². The molecule has 1 atom stereocenters. The zero-order chi connectivity index (χ0) is 17.1. The molecule has 24 heavy (non-hydrogen) atoms. The second-order valence-electron chi connectivity index (χ2n) is 5.52. The molecule has 7 heteroatoms. The number of fused-ring (bicyclic) bond motifs is 1. The molecule has 7 nitrogen and oxygen atoms in total. The van der Waals surface area contributed by atoms with Crippen molar-refractivity contribution in [2.45, 2.75) is 18.9 Å². The number of carbonyl (C=O) groups is 1. The first-order valence-corrected chi connectivity index (χ1v) is 7.51. The van der Waals surface area contributed by atoms with Crippen LogP contribution in [0.25, 0.3) is 0 Å². The maximum absolute atomic E-state index is 12.3. The second kappa shape index (κ2) is 6.67. The van der Waals surface area contributed by atoms with Gasteiger partial charge in [-0.2, -0.15) is 0 Å². The van der Waals surface area contributed by atoms with Crippen LogP contribution >= 0.6 is 0 Å². The molecule has 124 valence electrons. The lowest BCUT2D eigenvalue weighted by atomic mass is 9.95. The van der Waals surface area contributed by atoms with E-state index in [2.05, 4.69) is 5.32 Å². The van der Waals surface area contributed by atoms with E-state index in [9.17, 15) is 20.0 Å². The Bertz CT molecular complexity index is 790. The van der Waals surface area contributed by atoms with Crippen molar-refractivity contribution >= 4 is 17.3 Å². The molecule has 0 aliphatic carbocycles. The van der Waals surface area contributed by atoms with Crippen molar-refractivity contribution in [3.8, 4) is 5.75 Å². The van der Waals surface area contributed by atoms with Gasteiger partial charge in [0, 0.05) is 12.1 Å². The summed E-state index contributed by atoms with van der Waals surface area (Å²) in [6.07, 6.45) is 0.509. The highest BCUT2D eigenvalue weighted by atomic mass is 16.6. The van der Waals surface area contributed by atoms with E-state index in [0.717, 1.165) is 23.6 Å². The number of non-ortho nitro benzene ring substituents is 1. The highest BCUT2D eigenvalue weighted by Gasteiger charge is 2.23. The second-order valence-corrected chi connectivity index (χ2v) is 5.52. The Morgan fingerprint density at radius 1 is 1.33 bits per heavy atom. The number of carbonyl (C=O) groups excluding carboxylic acids is 1. The molecule has 0 saturated heterocycles. The molecule has 2 aromatic carbocycles. The summed E-state index contributed by atoms with van der Waals surface area (Å²) in [5.41, 5.74) is 1.93. The Labute approximate surface area is 138 Å². The fraction of sp³-hybridized carbons (Fsp3) is 0.235. The summed E-state index contributed by atoms with van der Waals surface area (Å²) in [5.74, 6) is -0.605. The van der Waals surface area contributed by atoms with Crippen molar-refractivity contribution in [3.63, 3.8) is 0 Å². The first kappa shape index (κ1) is 15.9. The minimum Gasteiger partial charge on any atom is -0.506 e. The Morgan fingerprint density at radius 3 is 2.92 bits per heavy atom.